The molecule has 1 saturated heterocycles. The number of hydrogen-bond acceptors (Lipinski definition) is 3. The maximum Gasteiger partial charge on any atom is 0.236 e. The van der Waals surface area contributed by atoms with E-state index in [0.29, 0.717) is 12.6 Å². The third kappa shape index (κ3) is 4.18. The molecule has 0 radical (unpaired) electrons. The molecule has 88 valence electrons. The second-order valence-electron chi connectivity index (χ2n) is 4.46. The summed E-state index contributed by atoms with van der Waals surface area (Å²) in [5.74, 6) is -0.0559. The zero-order valence-corrected chi connectivity index (χ0v) is 9.83. The second kappa shape index (κ2) is 6.08. The Labute approximate surface area is 92.2 Å². The molecule has 4 heteroatoms. The minimum absolute atomic E-state index is 0.0559. The Bertz CT molecular complexity index is 206. The van der Waals surface area contributed by atoms with Gasteiger partial charge in [0.1, 0.15) is 0 Å². The van der Waals surface area contributed by atoms with Crippen LogP contribution in [0.3, 0.4) is 0 Å². The summed E-state index contributed by atoms with van der Waals surface area (Å²) in [4.78, 5) is 13.6. The number of nitrogens with two attached hydrogens (primary N) is 1. The fraction of sp³-hybridized carbons (Fsp3) is 0.909. The van der Waals surface area contributed by atoms with Gasteiger partial charge in [0.25, 0.3) is 0 Å². The second-order valence-corrected chi connectivity index (χ2v) is 4.46. The molecule has 15 heavy (non-hydrogen) atoms. The summed E-state index contributed by atoms with van der Waals surface area (Å²) >= 11 is 0. The van der Waals surface area contributed by atoms with Gasteiger partial charge in [-0.1, -0.05) is 6.42 Å². The standard InChI is InChI=1S/C11H23N3O/c1-9-5-3-4-7-14(9)8-6-13-11(15)10(2)12/h9-10H,3-8,12H2,1-2H3,(H,13,15)/t9?,10-/m0/s1. The molecule has 0 aromatic heterocycles. The van der Waals surface area contributed by atoms with Crippen molar-refractivity contribution in [3.8, 4) is 0 Å². The van der Waals surface area contributed by atoms with E-state index in [0.717, 1.165) is 13.1 Å². The lowest BCUT2D eigenvalue weighted by atomic mass is 10.0. The summed E-state index contributed by atoms with van der Waals surface area (Å²) in [6, 6.07) is 0.259. The molecule has 4 nitrogen and oxygen atoms in total. The van der Waals surface area contributed by atoms with Crippen LogP contribution in [0.15, 0.2) is 0 Å². The number of carbonyl (C=O) groups excluding carboxylic acids is 1. The molecule has 3 N–H and O–H groups in total. The Morgan fingerprint density at radius 2 is 2.33 bits per heavy atom. The molecule has 1 unspecified atom stereocenters. The summed E-state index contributed by atoms with van der Waals surface area (Å²) < 4.78 is 0. The van der Waals surface area contributed by atoms with E-state index in [-0.39, 0.29) is 5.91 Å². The lowest BCUT2D eigenvalue weighted by Gasteiger charge is -2.33. The number of nitrogens with zero attached hydrogens (tertiary/aromatic N) is 1. The number of likely N-dealkylation sites (tertiary alicyclic amines) is 1. The van der Waals surface area contributed by atoms with Gasteiger partial charge in [-0.05, 0) is 33.2 Å². The average molecular weight is 213 g/mol. The van der Waals surface area contributed by atoms with Gasteiger partial charge in [-0.15, -0.1) is 0 Å². The normalized spacial score (nSPS) is 24.9. The predicted octanol–water partition coefficient (Wildman–Crippen LogP) is 0.324. The number of carbonyl (C=O) groups is 1. The lowest BCUT2D eigenvalue weighted by Crippen LogP contribution is -2.45. The van der Waals surface area contributed by atoms with E-state index in [2.05, 4.69) is 17.1 Å². The number of piperidine rings is 1. The van der Waals surface area contributed by atoms with Crippen molar-refractivity contribution < 1.29 is 4.79 Å². The van der Waals surface area contributed by atoms with Gasteiger partial charge in [0.2, 0.25) is 5.91 Å². The van der Waals surface area contributed by atoms with E-state index in [1.165, 1.54) is 19.3 Å². The van der Waals surface area contributed by atoms with E-state index in [4.69, 9.17) is 5.73 Å². The van der Waals surface area contributed by atoms with Crippen LogP contribution >= 0.6 is 0 Å². The molecule has 1 amide bonds. The topological polar surface area (TPSA) is 58.4 Å². The molecule has 1 aliphatic rings. The molecule has 0 aromatic carbocycles. The maximum absolute atomic E-state index is 11.2. The van der Waals surface area contributed by atoms with Crippen molar-refractivity contribution in [2.75, 3.05) is 19.6 Å². The van der Waals surface area contributed by atoms with Crippen LogP contribution in [0.1, 0.15) is 33.1 Å². The predicted molar refractivity (Wildman–Crippen MR) is 61.5 cm³/mol. The Morgan fingerprint density at radius 3 is 2.93 bits per heavy atom. The highest BCUT2D eigenvalue weighted by Crippen LogP contribution is 2.15. The molecular weight excluding hydrogens is 190 g/mol. The quantitative estimate of drug-likeness (QED) is 0.707. The summed E-state index contributed by atoms with van der Waals surface area (Å²) in [5, 5.41) is 2.84. The fourth-order valence-corrected chi connectivity index (χ4v) is 1.97. The van der Waals surface area contributed by atoms with Crippen molar-refractivity contribution in [2.45, 2.75) is 45.2 Å². The highest BCUT2D eigenvalue weighted by Gasteiger charge is 2.17. The molecule has 1 fully saturated rings. The summed E-state index contributed by atoms with van der Waals surface area (Å²) in [6.07, 6.45) is 3.90. The number of rotatable bonds is 4. The van der Waals surface area contributed by atoms with Crippen LogP contribution in [0.4, 0.5) is 0 Å². The molecule has 1 aliphatic heterocycles. The first-order valence-electron chi connectivity index (χ1n) is 5.88. The van der Waals surface area contributed by atoms with Crippen LogP contribution in [0.2, 0.25) is 0 Å². The molecular formula is C11H23N3O. The van der Waals surface area contributed by atoms with Crippen LogP contribution in [0, 0.1) is 0 Å². The molecule has 1 rings (SSSR count). The van der Waals surface area contributed by atoms with Gasteiger partial charge in [0, 0.05) is 19.1 Å². The van der Waals surface area contributed by atoms with E-state index in [1.54, 1.807) is 6.92 Å². The SMILES string of the molecule is CC1CCCCN1CCNC(=O)[C@H](C)N. The van der Waals surface area contributed by atoms with Crippen LogP contribution in [0.25, 0.3) is 0 Å². The van der Waals surface area contributed by atoms with Crippen molar-refractivity contribution in [3.63, 3.8) is 0 Å². The third-order valence-corrected chi connectivity index (χ3v) is 3.05. The zero-order valence-electron chi connectivity index (χ0n) is 9.83. The molecule has 0 bridgehead atoms. The highest BCUT2D eigenvalue weighted by atomic mass is 16.2. The molecule has 0 spiro atoms. The minimum atomic E-state index is -0.399. The van der Waals surface area contributed by atoms with E-state index in [9.17, 15) is 4.79 Å². The van der Waals surface area contributed by atoms with Crippen LogP contribution in [-0.4, -0.2) is 42.5 Å². The van der Waals surface area contributed by atoms with Gasteiger partial charge < -0.3 is 11.1 Å². The van der Waals surface area contributed by atoms with E-state index >= 15 is 0 Å². The Morgan fingerprint density at radius 1 is 1.60 bits per heavy atom. The molecule has 1 heterocycles. The van der Waals surface area contributed by atoms with Gasteiger partial charge in [-0.2, -0.15) is 0 Å². The van der Waals surface area contributed by atoms with Gasteiger partial charge in [-0.3, -0.25) is 9.69 Å². The Kier molecular flexibility index (Phi) is 5.05. The first-order valence-corrected chi connectivity index (χ1v) is 5.88. The average Bonchev–Trinajstić information content (AvgIpc) is 2.20. The third-order valence-electron chi connectivity index (χ3n) is 3.05. The van der Waals surface area contributed by atoms with Crippen LogP contribution in [-0.2, 0) is 4.79 Å². The van der Waals surface area contributed by atoms with Gasteiger partial charge in [0.05, 0.1) is 6.04 Å². The monoisotopic (exact) mass is 213 g/mol. The summed E-state index contributed by atoms with van der Waals surface area (Å²) in [5.41, 5.74) is 5.46. The minimum Gasteiger partial charge on any atom is -0.353 e. The van der Waals surface area contributed by atoms with Crippen molar-refractivity contribution in [2.24, 2.45) is 5.73 Å². The fourth-order valence-electron chi connectivity index (χ4n) is 1.97. The van der Waals surface area contributed by atoms with Crippen molar-refractivity contribution in [1.29, 1.82) is 0 Å². The van der Waals surface area contributed by atoms with E-state index in [1.807, 2.05) is 0 Å². The van der Waals surface area contributed by atoms with Crippen molar-refractivity contribution in [1.82, 2.24) is 10.2 Å². The van der Waals surface area contributed by atoms with Crippen molar-refractivity contribution in [3.05, 3.63) is 0 Å². The first kappa shape index (κ1) is 12.5. The van der Waals surface area contributed by atoms with Crippen molar-refractivity contribution >= 4 is 5.91 Å². The highest BCUT2D eigenvalue weighted by molar-refractivity contribution is 5.80. The number of nitrogens with one attached hydrogen (secondary N) is 1. The number of amides is 1. The Balaban J connectivity index is 2.16. The number of hydrogen-bond donors (Lipinski definition) is 2. The van der Waals surface area contributed by atoms with E-state index < -0.39 is 6.04 Å². The smallest absolute Gasteiger partial charge is 0.236 e. The van der Waals surface area contributed by atoms with Crippen LogP contribution in [0.5, 0.6) is 0 Å². The molecule has 0 aromatic rings. The summed E-state index contributed by atoms with van der Waals surface area (Å²) in [7, 11) is 0. The molecule has 0 aliphatic carbocycles. The largest absolute Gasteiger partial charge is 0.353 e. The van der Waals surface area contributed by atoms with Crippen LogP contribution < -0.4 is 11.1 Å². The van der Waals surface area contributed by atoms with Gasteiger partial charge in [-0.25, -0.2) is 0 Å². The summed E-state index contributed by atoms with van der Waals surface area (Å²) in [6.45, 7) is 6.78. The maximum atomic E-state index is 11.2. The molecule has 0 saturated carbocycles. The molecule has 2 atom stereocenters. The lowest BCUT2D eigenvalue weighted by molar-refractivity contribution is -0.122. The Hall–Kier alpha value is -0.610. The van der Waals surface area contributed by atoms with Gasteiger partial charge in [0.15, 0.2) is 0 Å². The first-order chi connectivity index (χ1) is 7.11. The van der Waals surface area contributed by atoms with Gasteiger partial charge >= 0.3 is 0 Å². The zero-order chi connectivity index (χ0) is 11.3.